The Morgan fingerprint density at radius 1 is 1.62 bits per heavy atom. The Morgan fingerprint density at radius 2 is 2.44 bits per heavy atom. The fourth-order valence-electron chi connectivity index (χ4n) is 1.90. The van der Waals surface area contributed by atoms with Gasteiger partial charge in [0.15, 0.2) is 9.84 Å². The molecule has 1 aromatic heterocycles. The second kappa shape index (κ2) is 4.50. The van der Waals surface area contributed by atoms with Gasteiger partial charge in [-0.2, -0.15) is 5.10 Å². The zero-order chi connectivity index (χ0) is 11.6. The lowest BCUT2D eigenvalue weighted by Gasteiger charge is -2.22. The van der Waals surface area contributed by atoms with Crippen LogP contribution in [0.4, 0.5) is 0 Å². The molecule has 1 N–H and O–H groups in total. The molecule has 6 nitrogen and oxygen atoms in total. The van der Waals surface area contributed by atoms with E-state index < -0.39 is 9.84 Å². The number of nitrogens with zero attached hydrogens (tertiary/aromatic N) is 3. The summed E-state index contributed by atoms with van der Waals surface area (Å²) in [5.74, 6) is 1.39. The smallest absolute Gasteiger partial charge is 0.151 e. The Bertz CT molecular complexity index is 454. The number of hydrogen-bond donors (Lipinski definition) is 1. The van der Waals surface area contributed by atoms with Crippen molar-refractivity contribution in [3.8, 4) is 0 Å². The van der Waals surface area contributed by atoms with E-state index in [0.717, 1.165) is 18.7 Å². The molecule has 7 heteroatoms. The molecule has 0 radical (unpaired) electrons. The lowest BCUT2D eigenvalue weighted by atomic mass is 10.2. The van der Waals surface area contributed by atoms with E-state index in [0.29, 0.717) is 12.3 Å². The van der Waals surface area contributed by atoms with Gasteiger partial charge in [0, 0.05) is 13.1 Å². The van der Waals surface area contributed by atoms with Crippen LogP contribution in [0, 0.1) is 0 Å². The minimum Gasteiger partial charge on any atom is -0.306 e. The molecule has 90 valence electrons. The molecule has 1 unspecified atom stereocenters. The average Bonchev–Trinajstić information content (AvgIpc) is 2.60. The van der Waals surface area contributed by atoms with Gasteiger partial charge < -0.3 is 5.32 Å². The topological polar surface area (TPSA) is 76.9 Å². The molecule has 2 heterocycles. The third kappa shape index (κ3) is 2.79. The number of sulfone groups is 1. The molecule has 0 bridgehead atoms. The summed E-state index contributed by atoms with van der Waals surface area (Å²) in [4.78, 5) is 4.08. The zero-order valence-corrected chi connectivity index (χ0v) is 10.1. The van der Waals surface area contributed by atoms with E-state index in [1.165, 1.54) is 6.33 Å². The highest BCUT2D eigenvalue weighted by atomic mass is 32.2. The summed E-state index contributed by atoms with van der Waals surface area (Å²) >= 11 is 0. The first kappa shape index (κ1) is 11.5. The third-order valence-electron chi connectivity index (χ3n) is 2.82. The van der Waals surface area contributed by atoms with Crippen molar-refractivity contribution in [3.05, 3.63) is 12.2 Å². The van der Waals surface area contributed by atoms with Gasteiger partial charge in [0.25, 0.3) is 0 Å². The molecular weight excluding hydrogens is 228 g/mol. The second-order valence-electron chi connectivity index (χ2n) is 4.13. The molecule has 1 fully saturated rings. The molecule has 1 aliphatic heterocycles. The van der Waals surface area contributed by atoms with Gasteiger partial charge in [-0.15, -0.1) is 0 Å². The van der Waals surface area contributed by atoms with Crippen LogP contribution in [-0.2, 0) is 23.4 Å². The van der Waals surface area contributed by atoms with Crippen LogP contribution >= 0.6 is 0 Å². The number of rotatable bonds is 3. The monoisotopic (exact) mass is 244 g/mol. The lowest BCUT2D eigenvalue weighted by Crippen LogP contribution is -2.40. The summed E-state index contributed by atoms with van der Waals surface area (Å²) < 4.78 is 24.5. The van der Waals surface area contributed by atoms with Gasteiger partial charge in [-0.05, 0) is 12.8 Å². The van der Waals surface area contributed by atoms with Crippen molar-refractivity contribution >= 4 is 9.84 Å². The highest BCUT2D eigenvalue weighted by molar-refractivity contribution is 7.91. The van der Waals surface area contributed by atoms with E-state index in [4.69, 9.17) is 0 Å². The van der Waals surface area contributed by atoms with E-state index in [2.05, 4.69) is 15.4 Å². The van der Waals surface area contributed by atoms with Crippen LogP contribution in [0.25, 0.3) is 0 Å². The first-order chi connectivity index (χ1) is 7.57. The van der Waals surface area contributed by atoms with Crippen LogP contribution in [0.5, 0.6) is 0 Å². The highest BCUT2D eigenvalue weighted by Gasteiger charge is 2.24. The summed E-state index contributed by atoms with van der Waals surface area (Å²) in [6, 6.07) is 0.0513. The van der Waals surface area contributed by atoms with Crippen LogP contribution in [0.1, 0.15) is 18.7 Å². The van der Waals surface area contributed by atoms with Gasteiger partial charge in [-0.3, -0.25) is 4.68 Å². The molecule has 0 aliphatic carbocycles. The van der Waals surface area contributed by atoms with E-state index in [9.17, 15) is 8.42 Å². The molecule has 1 saturated heterocycles. The van der Waals surface area contributed by atoms with Gasteiger partial charge in [-0.25, -0.2) is 13.4 Å². The number of aromatic nitrogens is 3. The van der Waals surface area contributed by atoms with Crippen molar-refractivity contribution in [1.82, 2.24) is 20.1 Å². The lowest BCUT2D eigenvalue weighted by molar-refractivity contribution is 0.468. The van der Waals surface area contributed by atoms with Crippen LogP contribution < -0.4 is 5.32 Å². The molecule has 0 spiro atoms. The standard InChI is InChI=1S/C9H16N4O2S/c1-13-9(11-7-12-13)5-10-8-3-2-4-16(14,15)6-8/h7-8,10H,2-6H2,1H3. The predicted octanol–water partition coefficient (Wildman–Crippen LogP) is -0.518. The van der Waals surface area contributed by atoms with E-state index in [1.807, 2.05) is 7.05 Å². The van der Waals surface area contributed by atoms with E-state index in [-0.39, 0.29) is 11.8 Å². The first-order valence-electron chi connectivity index (χ1n) is 5.33. The minimum absolute atomic E-state index is 0.0513. The first-order valence-corrected chi connectivity index (χ1v) is 7.16. The highest BCUT2D eigenvalue weighted by Crippen LogP contribution is 2.12. The predicted molar refractivity (Wildman–Crippen MR) is 59.5 cm³/mol. The van der Waals surface area contributed by atoms with Gasteiger partial charge >= 0.3 is 0 Å². The molecule has 0 amide bonds. The molecule has 0 aromatic carbocycles. The number of nitrogens with one attached hydrogen (secondary N) is 1. The molecule has 1 aliphatic rings. The summed E-state index contributed by atoms with van der Waals surface area (Å²) in [6.45, 7) is 0.566. The van der Waals surface area contributed by atoms with Crippen molar-refractivity contribution in [1.29, 1.82) is 0 Å². The van der Waals surface area contributed by atoms with Gasteiger partial charge in [0.2, 0.25) is 0 Å². The van der Waals surface area contributed by atoms with Crippen LogP contribution in [-0.4, -0.2) is 40.7 Å². The maximum Gasteiger partial charge on any atom is 0.151 e. The molecule has 16 heavy (non-hydrogen) atoms. The molecule has 0 saturated carbocycles. The fraction of sp³-hybridized carbons (Fsp3) is 0.778. The molecule has 1 atom stereocenters. The maximum atomic E-state index is 11.4. The average molecular weight is 244 g/mol. The van der Waals surface area contributed by atoms with Crippen molar-refractivity contribution in [2.45, 2.75) is 25.4 Å². The number of aryl methyl sites for hydroxylation is 1. The molecule has 2 rings (SSSR count). The van der Waals surface area contributed by atoms with Crippen LogP contribution in [0.3, 0.4) is 0 Å². The van der Waals surface area contributed by atoms with Gasteiger partial charge in [0.05, 0.1) is 18.1 Å². The maximum absolute atomic E-state index is 11.4. The Balaban J connectivity index is 1.89. The van der Waals surface area contributed by atoms with E-state index >= 15 is 0 Å². The Hall–Kier alpha value is -0.950. The van der Waals surface area contributed by atoms with Crippen molar-refractivity contribution < 1.29 is 8.42 Å². The zero-order valence-electron chi connectivity index (χ0n) is 9.26. The summed E-state index contributed by atoms with van der Waals surface area (Å²) in [5, 5.41) is 7.17. The SMILES string of the molecule is Cn1ncnc1CNC1CCCS(=O)(=O)C1. The Morgan fingerprint density at radius 3 is 3.06 bits per heavy atom. The summed E-state index contributed by atoms with van der Waals surface area (Å²) in [6.07, 6.45) is 3.16. The van der Waals surface area contributed by atoms with Crippen molar-refractivity contribution in [3.63, 3.8) is 0 Å². The van der Waals surface area contributed by atoms with Crippen LogP contribution in [0.2, 0.25) is 0 Å². The van der Waals surface area contributed by atoms with Crippen LogP contribution in [0.15, 0.2) is 6.33 Å². The van der Waals surface area contributed by atoms with Crippen molar-refractivity contribution in [2.75, 3.05) is 11.5 Å². The van der Waals surface area contributed by atoms with Crippen molar-refractivity contribution in [2.24, 2.45) is 7.05 Å². The van der Waals surface area contributed by atoms with Gasteiger partial charge in [0.1, 0.15) is 12.2 Å². The summed E-state index contributed by atoms with van der Waals surface area (Å²) in [5.41, 5.74) is 0. The Kier molecular flexibility index (Phi) is 3.25. The largest absolute Gasteiger partial charge is 0.306 e. The third-order valence-corrected chi connectivity index (χ3v) is 4.64. The summed E-state index contributed by atoms with van der Waals surface area (Å²) in [7, 11) is -1.02. The van der Waals surface area contributed by atoms with E-state index in [1.54, 1.807) is 4.68 Å². The number of hydrogen-bond acceptors (Lipinski definition) is 5. The molecular formula is C9H16N4O2S. The Labute approximate surface area is 95.0 Å². The van der Waals surface area contributed by atoms with Gasteiger partial charge in [-0.1, -0.05) is 0 Å². The normalized spacial score (nSPS) is 24.4. The second-order valence-corrected chi connectivity index (χ2v) is 6.36. The minimum atomic E-state index is -2.84. The fourth-order valence-corrected chi connectivity index (χ4v) is 3.57. The quantitative estimate of drug-likeness (QED) is 0.774. The molecule has 1 aromatic rings.